The van der Waals surface area contributed by atoms with Gasteiger partial charge in [0.15, 0.2) is 0 Å². The molecule has 6 heteroatoms. The zero-order valence-electron chi connectivity index (χ0n) is 17.2. The molecule has 0 aromatic heterocycles. The van der Waals surface area contributed by atoms with Crippen molar-refractivity contribution in [3.8, 4) is 0 Å². The van der Waals surface area contributed by atoms with Crippen molar-refractivity contribution in [2.24, 2.45) is 5.92 Å². The standard InChI is InChI=1S/C23H30N2O3S/c1-3-22(25(29(2,27)28)21-12-8-5-9-13-21)23(26)24-16-14-20(15-17-24)18-19-10-6-4-7-11-19/h4-13,20,22H,3,14-18H2,1-2H3/t22-/m1/s1. The SMILES string of the molecule is CC[C@H](C(=O)N1CCC(Cc2ccccc2)CC1)N(c1ccccc1)S(C)(=O)=O. The number of anilines is 1. The summed E-state index contributed by atoms with van der Waals surface area (Å²) in [6, 6.07) is 18.6. The molecule has 1 fully saturated rings. The molecule has 0 aliphatic carbocycles. The van der Waals surface area contributed by atoms with Crippen molar-refractivity contribution >= 4 is 21.6 Å². The van der Waals surface area contributed by atoms with Crippen molar-refractivity contribution in [2.75, 3.05) is 23.7 Å². The average Bonchev–Trinajstić information content (AvgIpc) is 2.72. The number of benzene rings is 2. The molecule has 3 rings (SSSR count). The van der Waals surface area contributed by atoms with Crippen molar-refractivity contribution in [2.45, 2.75) is 38.6 Å². The molecule has 0 N–H and O–H groups in total. The zero-order chi connectivity index (χ0) is 20.9. The Morgan fingerprint density at radius 3 is 2.10 bits per heavy atom. The van der Waals surface area contributed by atoms with Gasteiger partial charge >= 0.3 is 0 Å². The number of hydrogen-bond donors (Lipinski definition) is 0. The van der Waals surface area contributed by atoms with Crippen LogP contribution in [0.25, 0.3) is 0 Å². The molecule has 0 bridgehead atoms. The second-order valence-electron chi connectivity index (χ2n) is 7.78. The highest BCUT2D eigenvalue weighted by atomic mass is 32.2. The van der Waals surface area contributed by atoms with Gasteiger partial charge in [-0.3, -0.25) is 9.10 Å². The molecule has 1 aliphatic rings. The van der Waals surface area contributed by atoms with E-state index >= 15 is 0 Å². The fraction of sp³-hybridized carbons (Fsp3) is 0.435. The molecular formula is C23H30N2O3S. The highest BCUT2D eigenvalue weighted by Gasteiger charge is 2.35. The number of nitrogens with zero attached hydrogens (tertiary/aromatic N) is 2. The van der Waals surface area contributed by atoms with Crippen LogP contribution in [0.15, 0.2) is 60.7 Å². The molecule has 2 aromatic rings. The van der Waals surface area contributed by atoms with E-state index < -0.39 is 16.1 Å². The minimum atomic E-state index is -3.58. The number of carbonyl (C=O) groups is 1. The van der Waals surface area contributed by atoms with Crippen molar-refractivity contribution in [3.63, 3.8) is 0 Å². The summed E-state index contributed by atoms with van der Waals surface area (Å²) in [5.41, 5.74) is 1.87. The Hall–Kier alpha value is -2.34. The Balaban J connectivity index is 1.69. The van der Waals surface area contributed by atoms with Gasteiger partial charge in [-0.25, -0.2) is 8.42 Å². The minimum Gasteiger partial charge on any atom is -0.341 e. The molecule has 0 unspecified atom stereocenters. The van der Waals surface area contributed by atoms with Gasteiger partial charge in [0.05, 0.1) is 11.9 Å². The summed E-state index contributed by atoms with van der Waals surface area (Å²) in [7, 11) is -3.58. The molecule has 1 heterocycles. The van der Waals surface area contributed by atoms with Gasteiger partial charge in [0.25, 0.3) is 0 Å². The summed E-state index contributed by atoms with van der Waals surface area (Å²) in [6.45, 7) is 3.23. The maximum atomic E-state index is 13.3. The summed E-state index contributed by atoms with van der Waals surface area (Å²) in [5.74, 6) is 0.460. The smallest absolute Gasteiger partial charge is 0.246 e. The molecular weight excluding hydrogens is 384 g/mol. The van der Waals surface area contributed by atoms with E-state index in [1.54, 1.807) is 24.3 Å². The number of amides is 1. The highest BCUT2D eigenvalue weighted by Crippen LogP contribution is 2.26. The quantitative estimate of drug-likeness (QED) is 0.694. The lowest BCUT2D eigenvalue weighted by Crippen LogP contribution is -2.52. The lowest BCUT2D eigenvalue weighted by atomic mass is 9.90. The van der Waals surface area contributed by atoms with Crippen LogP contribution in [0, 0.1) is 5.92 Å². The maximum absolute atomic E-state index is 13.3. The van der Waals surface area contributed by atoms with Gasteiger partial charge in [0, 0.05) is 13.1 Å². The van der Waals surface area contributed by atoms with E-state index in [1.807, 2.05) is 24.0 Å². The van der Waals surface area contributed by atoms with E-state index in [9.17, 15) is 13.2 Å². The summed E-state index contributed by atoms with van der Waals surface area (Å²) in [5, 5.41) is 0. The molecule has 1 saturated heterocycles. The topological polar surface area (TPSA) is 57.7 Å². The Morgan fingerprint density at radius 1 is 1.03 bits per heavy atom. The number of para-hydroxylation sites is 1. The first kappa shape index (κ1) is 21.4. The molecule has 156 valence electrons. The first-order valence-corrected chi connectivity index (χ1v) is 12.1. The highest BCUT2D eigenvalue weighted by molar-refractivity contribution is 7.92. The third kappa shape index (κ3) is 5.38. The van der Waals surface area contributed by atoms with Crippen LogP contribution in [0.3, 0.4) is 0 Å². The number of rotatable bonds is 7. The summed E-state index contributed by atoms with van der Waals surface area (Å²) >= 11 is 0. The number of hydrogen-bond acceptors (Lipinski definition) is 3. The van der Waals surface area contributed by atoms with E-state index in [0.717, 1.165) is 19.3 Å². The van der Waals surface area contributed by atoms with E-state index in [0.29, 0.717) is 31.1 Å². The van der Waals surface area contributed by atoms with Gasteiger partial charge in [-0.05, 0) is 49.3 Å². The molecule has 2 aromatic carbocycles. The van der Waals surface area contributed by atoms with Crippen molar-refractivity contribution in [3.05, 3.63) is 66.2 Å². The van der Waals surface area contributed by atoms with Crippen LogP contribution in [0.5, 0.6) is 0 Å². The van der Waals surface area contributed by atoms with Crippen molar-refractivity contribution < 1.29 is 13.2 Å². The first-order valence-electron chi connectivity index (χ1n) is 10.3. The third-order valence-corrected chi connectivity index (χ3v) is 6.80. The van der Waals surface area contributed by atoms with Gasteiger partial charge in [-0.2, -0.15) is 0 Å². The van der Waals surface area contributed by atoms with E-state index in [4.69, 9.17) is 0 Å². The molecule has 0 saturated carbocycles. The van der Waals surface area contributed by atoms with Crippen LogP contribution in [0.2, 0.25) is 0 Å². The molecule has 1 atom stereocenters. The van der Waals surface area contributed by atoms with Crippen LogP contribution in [0.4, 0.5) is 5.69 Å². The third-order valence-electron chi connectivity index (χ3n) is 5.62. The Bertz CT molecular complexity index is 892. The molecule has 0 radical (unpaired) electrons. The number of sulfonamides is 1. The van der Waals surface area contributed by atoms with Crippen molar-refractivity contribution in [1.82, 2.24) is 4.90 Å². The maximum Gasteiger partial charge on any atom is 0.246 e. The predicted octanol–water partition coefficient (Wildman–Crippen LogP) is 3.71. The predicted molar refractivity (Wildman–Crippen MR) is 117 cm³/mol. The lowest BCUT2D eigenvalue weighted by molar-refractivity contribution is -0.133. The second kappa shape index (κ2) is 9.44. The molecule has 0 spiro atoms. The molecule has 1 aliphatic heterocycles. The van der Waals surface area contributed by atoms with Gasteiger partial charge in [-0.1, -0.05) is 55.5 Å². The molecule has 29 heavy (non-hydrogen) atoms. The van der Waals surface area contributed by atoms with E-state index in [-0.39, 0.29) is 5.91 Å². The Morgan fingerprint density at radius 2 is 1.59 bits per heavy atom. The van der Waals surface area contributed by atoms with Gasteiger partial charge < -0.3 is 4.90 Å². The fourth-order valence-corrected chi connectivity index (χ4v) is 5.34. The Labute approximate surface area is 174 Å². The Kier molecular flexibility index (Phi) is 6.96. The number of carbonyl (C=O) groups excluding carboxylic acids is 1. The minimum absolute atomic E-state index is 0.0973. The van der Waals surface area contributed by atoms with Gasteiger partial charge in [0.2, 0.25) is 15.9 Å². The first-order chi connectivity index (χ1) is 13.9. The number of likely N-dealkylation sites (tertiary alicyclic amines) is 1. The van der Waals surface area contributed by atoms with Crippen LogP contribution in [-0.4, -0.2) is 44.6 Å². The lowest BCUT2D eigenvalue weighted by Gasteiger charge is -2.37. The van der Waals surface area contributed by atoms with E-state index in [2.05, 4.69) is 24.3 Å². The summed E-state index contributed by atoms with van der Waals surface area (Å²) in [4.78, 5) is 15.1. The number of piperidine rings is 1. The second-order valence-corrected chi connectivity index (χ2v) is 9.64. The monoisotopic (exact) mass is 414 g/mol. The summed E-state index contributed by atoms with van der Waals surface area (Å²) in [6.07, 6.45) is 4.52. The average molecular weight is 415 g/mol. The summed E-state index contributed by atoms with van der Waals surface area (Å²) < 4.78 is 26.3. The van der Waals surface area contributed by atoms with Gasteiger partial charge in [-0.15, -0.1) is 0 Å². The van der Waals surface area contributed by atoms with Crippen molar-refractivity contribution in [1.29, 1.82) is 0 Å². The van der Waals surface area contributed by atoms with Crippen LogP contribution < -0.4 is 4.31 Å². The zero-order valence-corrected chi connectivity index (χ0v) is 18.0. The largest absolute Gasteiger partial charge is 0.341 e. The van der Waals surface area contributed by atoms with Gasteiger partial charge in [0.1, 0.15) is 6.04 Å². The van der Waals surface area contributed by atoms with Crippen LogP contribution in [0.1, 0.15) is 31.7 Å². The van der Waals surface area contributed by atoms with Crippen LogP contribution in [-0.2, 0) is 21.2 Å². The fourth-order valence-electron chi connectivity index (χ4n) is 4.13. The molecule has 1 amide bonds. The van der Waals surface area contributed by atoms with E-state index in [1.165, 1.54) is 16.1 Å². The normalized spacial score (nSPS) is 16.4. The molecule has 5 nitrogen and oxygen atoms in total. The van der Waals surface area contributed by atoms with Crippen LogP contribution >= 0.6 is 0 Å².